The Morgan fingerprint density at radius 3 is 2.54 bits per heavy atom. The summed E-state index contributed by atoms with van der Waals surface area (Å²) in [6.45, 7) is 5.47. The number of ether oxygens (including phenoxy) is 1. The van der Waals surface area contributed by atoms with Crippen molar-refractivity contribution in [3.05, 3.63) is 48.2 Å². The van der Waals surface area contributed by atoms with Crippen molar-refractivity contribution in [3.63, 3.8) is 0 Å². The van der Waals surface area contributed by atoms with E-state index in [1.165, 1.54) is 75.3 Å². The van der Waals surface area contributed by atoms with Crippen LogP contribution < -0.4 is 4.74 Å². The standard InChI is InChI=1S/C26H37NO/c1-3-4-5-7-11-21(2)25-14-10-19-27-26(25)23-15-17-24(18-16-23)28-20-22-12-8-6-9-13-22/h10,14-19,21-22H,3-9,11-13,20H2,1-2H3. The monoisotopic (exact) mass is 379 g/mol. The fourth-order valence-electron chi connectivity index (χ4n) is 4.37. The van der Waals surface area contributed by atoms with Gasteiger partial charge in [-0.05, 0) is 67.0 Å². The molecule has 1 aliphatic carbocycles. The van der Waals surface area contributed by atoms with Crippen LogP contribution in [-0.4, -0.2) is 11.6 Å². The molecule has 1 heterocycles. The molecule has 28 heavy (non-hydrogen) atoms. The molecule has 1 saturated carbocycles. The van der Waals surface area contributed by atoms with Crippen molar-refractivity contribution in [2.75, 3.05) is 6.61 Å². The van der Waals surface area contributed by atoms with E-state index in [2.05, 4.69) is 50.2 Å². The first kappa shape index (κ1) is 20.9. The zero-order valence-electron chi connectivity index (χ0n) is 17.8. The van der Waals surface area contributed by atoms with Crippen LogP contribution in [0.2, 0.25) is 0 Å². The second-order valence-corrected chi connectivity index (χ2v) is 8.53. The topological polar surface area (TPSA) is 22.1 Å². The molecule has 152 valence electrons. The van der Waals surface area contributed by atoms with Gasteiger partial charge in [0.1, 0.15) is 5.75 Å². The predicted molar refractivity (Wildman–Crippen MR) is 119 cm³/mol. The van der Waals surface area contributed by atoms with Gasteiger partial charge in [-0.3, -0.25) is 4.98 Å². The Bertz CT molecular complexity index is 688. The summed E-state index contributed by atoms with van der Waals surface area (Å²) in [5.41, 5.74) is 3.69. The van der Waals surface area contributed by atoms with Crippen molar-refractivity contribution in [2.24, 2.45) is 5.92 Å². The highest BCUT2D eigenvalue weighted by molar-refractivity contribution is 5.64. The zero-order chi connectivity index (χ0) is 19.6. The largest absolute Gasteiger partial charge is 0.493 e. The molecule has 0 N–H and O–H groups in total. The maximum Gasteiger partial charge on any atom is 0.119 e. The lowest BCUT2D eigenvalue weighted by molar-refractivity contribution is 0.209. The molecule has 1 aromatic carbocycles. The molecular weight excluding hydrogens is 342 g/mol. The van der Waals surface area contributed by atoms with E-state index in [0.29, 0.717) is 5.92 Å². The van der Waals surface area contributed by atoms with E-state index in [0.717, 1.165) is 24.0 Å². The lowest BCUT2D eigenvalue weighted by Gasteiger charge is -2.21. The zero-order valence-corrected chi connectivity index (χ0v) is 17.8. The minimum absolute atomic E-state index is 0.544. The Labute approximate surface area is 171 Å². The van der Waals surface area contributed by atoms with Crippen molar-refractivity contribution < 1.29 is 4.74 Å². The van der Waals surface area contributed by atoms with Gasteiger partial charge >= 0.3 is 0 Å². The van der Waals surface area contributed by atoms with Crippen LogP contribution in [0.3, 0.4) is 0 Å². The molecule has 0 spiro atoms. The average Bonchev–Trinajstić information content (AvgIpc) is 2.76. The van der Waals surface area contributed by atoms with Crippen LogP contribution in [0.5, 0.6) is 5.75 Å². The summed E-state index contributed by atoms with van der Waals surface area (Å²) in [5, 5.41) is 0. The number of pyridine rings is 1. The molecule has 0 radical (unpaired) electrons. The third-order valence-corrected chi connectivity index (χ3v) is 6.20. The van der Waals surface area contributed by atoms with Crippen molar-refractivity contribution in [3.8, 4) is 17.0 Å². The molecule has 1 unspecified atom stereocenters. The Hall–Kier alpha value is -1.83. The number of benzene rings is 1. The highest BCUT2D eigenvalue weighted by Crippen LogP contribution is 2.31. The fraction of sp³-hybridized carbons (Fsp3) is 0.577. The second kappa shape index (κ2) is 11.2. The third-order valence-electron chi connectivity index (χ3n) is 6.20. The van der Waals surface area contributed by atoms with Crippen LogP contribution >= 0.6 is 0 Å². The van der Waals surface area contributed by atoms with Gasteiger partial charge in [-0.2, -0.15) is 0 Å². The molecule has 3 rings (SSSR count). The Balaban J connectivity index is 1.61. The first-order valence-corrected chi connectivity index (χ1v) is 11.5. The second-order valence-electron chi connectivity index (χ2n) is 8.53. The highest BCUT2D eigenvalue weighted by atomic mass is 16.5. The fourth-order valence-corrected chi connectivity index (χ4v) is 4.37. The first-order valence-electron chi connectivity index (χ1n) is 11.5. The number of nitrogens with zero attached hydrogens (tertiary/aromatic N) is 1. The van der Waals surface area contributed by atoms with Crippen molar-refractivity contribution >= 4 is 0 Å². The van der Waals surface area contributed by atoms with Crippen LogP contribution in [0.25, 0.3) is 11.3 Å². The van der Waals surface area contributed by atoms with Gasteiger partial charge in [0.15, 0.2) is 0 Å². The van der Waals surface area contributed by atoms with Gasteiger partial charge in [0, 0.05) is 11.8 Å². The molecule has 2 nitrogen and oxygen atoms in total. The summed E-state index contributed by atoms with van der Waals surface area (Å²) in [4.78, 5) is 4.72. The summed E-state index contributed by atoms with van der Waals surface area (Å²) in [6.07, 6.45) is 15.2. The molecule has 1 fully saturated rings. The first-order chi connectivity index (χ1) is 13.8. The van der Waals surface area contributed by atoms with Gasteiger partial charge < -0.3 is 4.74 Å². The van der Waals surface area contributed by atoms with E-state index in [1.54, 1.807) is 0 Å². The van der Waals surface area contributed by atoms with Gasteiger partial charge in [-0.1, -0.05) is 64.9 Å². The van der Waals surface area contributed by atoms with Crippen molar-refractivity contribution in [1.29, 1.82) is 0 Å². The van der Waals surface area contributed by atoms with Crippen LogP contribution in [0.1, 0.15) is 89.5 Å². The van der Waals surface area contributed by atoms with Crippen LogP contribution in [0.15, 0.2) is 42.6 Å². The van der Waals surface area contributed by atoms with E-state index in [4.69, 9.17) is 9.72 Å². The molecule has 1 atom stereocenters. The number of rotatable bonds is 10. The molecule has 0 saturated heterocycles. The van der Waals surface area contributed by atoms with Crippen LogP contribution in [0, 0.1) is 5.92 Å². The normalized spacial score (nSPS) is 16.1. The van der Waals surface area contributed by atoms with Gasteiger partial charge in [-0.15, -0.1) is 0 Å². The molecule has 0 amide bonds. The molecule has 2 aromatic rings. The smallest absolute Gasteiger partial charge is 0.119 e. The van der Waals surface area contributed by atoms with Gasteiger partial charge in [0.2, 0.25) is 0 Å². The summed E-state index contributed by atoms with van der Waals surface area (Å²) >= 11 is 0. The average molecular weight is 380 g/mol. The van der Waals surface area contributed by atoms with E-state index in [-0.39, 0.29) is 0 Å². The molecule has 2 heteroatoms. The Kier molecular flexibility index (Phi) is 8.39. The van der Waals surface area contributed by atoms with Crippen LogP contribution in [-0.2, 0) is 0 Å². The van der Waals surface area contributed by atoms with Gasteiger partial charge in [0.25, 0.3) is 0 Å². The molecular formula is C26H37NO. The van der Waals surface area contributed by atoms with E-state index >= 15 is 0 Å². The lowest BCUT2D eigenvalue weighted by atomic mass is 9.90. The molecule has 1 aromatic heterocycles. The Morgan fingerprint density at radius 1 is 1.00 bits per heavy atom. The summed E-state index contributed by atoms with van der Waals surface area (Å²) in [7, 11) is 0. The van der Waals surface area contributed by atoms with Gasteiger partial charge in [-0.25, -0.2) is 0 Å². The number of hydrogen-bond donors (Lipinski definition) is 0. The van der Waals surface area contributed by atoms with E-state index in [9.17, 15) is 0 Å². The summed E-state index contributed by atoms with van der Waals surface area (Å²) in [5.74, 6) is 2.27. The van der Waals surface area contributed by atoms with Crippen molar-refractivity contribution in [1.82, 2.24) is 4.98 Å². The van der Waals surface area contributed by atoms with E-state index in [1.807, 2.05) is 6.20 Å². The summed E-state index contributed by atoms with van der Waals surface area (Å²) in [6, 6.07) is 12.9. The van der Waals surface area contributed by atoms with Gasteiger partial charge in [0.05, 0.1) is 12.3 Å². The maximum absolute atomic E-state index is 6.07. The quantitative estimate of drug-likeness (QED) is 0.393. The summed E-state index contributed by atoms with van der Waals surface area (Å²) < 4.78 is 6.07. The van der Waals surface area contributed by atoms with Crippen LogP contribution in [0.4, 0.5) is 0 Å². The number of aromatic nitrogens is 1. The maximum atomic E-state index is 6.07. The minimum Gasteiger partial charge on any atom is -0.493 e. The Morgan fingerprint density at radius 2 is 1.79 bits per heavy atom. The highest BCUT2D eigenvalue weighted by Gasteiger charge is 2.15. The molecule has 1 aliphatic rings. The third kappa shape index (κ3) is 6.09. The lowest BCUT2D eigenvalue weighted by Crippen LogP contribution is -2.15. The number of unbranched alkanes of at least 4 members (excludes halogenated alkanes) is 3. The predicted octanol–water partition coefficient (Wildman–Crippen LogP) is 7.78. The SMILES string of the molecule is CCCCCCC(C)c1cccnc1-c1ccc(OCC2CCCCC2)cc1. The number of hydrogen-bond acceptors (Lipinski definition) is 2. The molecule has 0 aliphatic heterocycles. The van der Waals surface area contributed by atoms with Crippen molar-refractivity contribution in [2.45, 2.75) is 84.0 Å². The van der Waals surface area contributed by atoms with E-state index < -0.39 is 0 Å². The molecule has 0 bridgehead atoms. The minimum atomic E-state index is 0.544.